The summed E-state index contributed by atoms with van der Waals surface area (Å²) in [5.41, 5.74) is 2.68. The number of alkyl halides is 1. The van der Waals surface area contributed by atoms with E-state index in [1.807, 2.05) is 6.08 Å². The molecular weight excluding hydrogens is 284 g/mol. The van der Waals surface area contributed by atoms with Crippen molar-refractivity contribution in [3.63, 3.8) is 0 Å². The zero-order chi connectivity index (χ0) is 12.8. The van der Waals surface area contributed by atoms with Crippen LogP contribution in [0.2, 0.25) is 0 Å². The molecule has 0 nitrogen and oxygen atoms in total. The minimum Gasteiger partial charge on any atom is -0.103 e. The van der Waals surface area contributed by atoms with E-state index in [0.717, 1.165) is 6.42 Å². The smallest absolute Gasteiger partial charge is 0.0289 e. The highest BCUT2D eigenvalue weighted by molar-refractivity contribution is 9.09. The van der Waals surface area contributed by atoms with Gasteiger partial charge in [0.1, 0.15) is 0 Å². The molecule has 2 aromatic carbocycles. The number of hydrogen-bond acceptors (Lipinski definition) is 0. The van der Waals surface area contributed by atoms with E-state index >= 15 is 0 Å². The molecule has 92 valence electrons. The van der Waals surface area contributed by atoms with E-state index in [1.54, 1.807) is 0 Å². The van der Waals surface area contributed by atoms with Crippen LogP contribution in [0.3, 0.4) is 0 Å². The Morgan fingerprint density at radius 3 is 1.72 bits per heavy atom. The van der Waals surface area contributed by atoms with Crippen molar-refractivity contribution in [2.45, 2.75) is 17.2 Å². The van der Waals surface area contributed by atoms with Crippen molar-refractivity contribution in [1.82, 2.24) is 0 Å². The fourth-order valence-electron chi connectivity index (χ4n) is 2.23. The Labute approximate surface area is 117 Å². The van der Waals surface area contributed by atoms with Crippen LogP contribution in [0.4, 0.5) is 0 Å². The molecule has 1 heteroatoms. The van der Waals surface area contributed by atoms with Gasteiger partial charge < -0.3 is 0 Å². The summed E-state index contributed by atoms with van der Waals surface area (Å²) in [7, 11) is 0. The lowest BCUT2D eigenvalue weighted by atomic mass is 9.87. The number of halogens is 1. The average Bonchev–Trinajstić information content (AvgIpc) is 2.42. The van der Waals surface area contributed by atoms with Crippen molar-refractivity contribution >= 4 is 15.9 Å². The quantitative estimate of drug-likeness (QED) is 0.528. The highest BCUT2D eigenvalue weighted by atomic mass is 79.9. The topological polar surface area (TPSA) is 0 Å². The Bertz CT molecular complexity index is 436. The van der Waals surface area contributed by atoms with Crippen LogP contribution in [0.1, 0.15) is 23.5 Å². The normalized spacial score (nSPS) is 12.3. The fraction of sp³-hybridized carbons (Fsp3) is 0.176. The summed E-state index contributed by atoms with van der Waals surface area (Å²) >= 11 is 3.81. The Hall–Kier alpha value is -1.34. The molecule has 0 N–H and O–H groups in total. The van der Waals surface area contributed by atoms with E-state index in [-0.39, 0.29) is 0 Å². The van der Waals surface area contributed by atoms with E-state index in [4.69, 9.17) is 0 Å². The van der Waals surface area contributed by atoms with Crippen molar-refractivity contribution in [2.75, 3.05) is 0 Å². The third kappa shape index (κ3) is 3.11. The number of benzene rings is 2. The maximum Gasteiger partial charge on any atom is 0.0289 e. The highest BCUT2D eigenvalue weighted by Gasteiger charge is 2.21. The molecule has 0 aromatic heterocycles. The van der Waals surface area contributed by atoms with Crippen LogP contribution in [-0.2, 0) is 0 Å². The van der Waals surface area contributed by atoms with Crippen molar-refractivity contribution in [1.29, 1.82) is 0 Å². The Morgan fingerprint density at radius 2 is 1.33 bits per heavy atom. The van der Waals surface area contributed by atoms with Gasteiger partial charge in [0, 0.05) is 10.7 Å². The van der Waals surface area contributed by atoms with Crippen LogP contribution in [0, 0.1) is 0 Å². The maximum atomic E-state index is 3.84. The highest BCUT2D eigenvalue weighted by Crippen LogP contribution is 2.33. The van der Waals surface area contributed by atoms with E-state index in [2.05, 4.69) is 83.2 Å². The molecule has 0 aliphatic carbocycles. The fourth-order valence-corrected chi connectivity index (χ4v) is 3.10. The van der Waals surface area contributed by atoms with Gasteiger partial charge in [-0.1, -0.05) is 82.7 Å². The van der Waals surface area contributed by atoms with Crippen molar-refractivity contribution < 1.29 is 0 Å². The van der Waals surface area contributed by atoms with Crippen LogP contribution in [0.15, 0.2) is 73.3 Å². The monoisotopic (exact) mass is 300 g/mol. The lowest BCUT2D eigenvalue weighted by molar-refractivity contribution is 0.760. The Balaban J connectivity index is 2.38. The molecule has 0 unspecified atom stereocenters. The minimum atomic E-state index is 0.366. The molecule has 0 saturated carbocycles. The van der Waals surface area contributed by atoms with E-state index < -0.39 is 0 Å². The predicted molar refractivity (Wildman–Crippen MR) is 82.3 cm³/mol. The van der Waals surface area contributed by atoms with Gasteiger partial charge >= 0.3 is 0 Å². The predicted octanol–water partition coefficient (Wildman–Crippen LogP) is 5.16. The second kappa shape index (κ2) is 6.55. The first kappa shape index (κ1) is 13.1. The summed E-state index contributed by atoms with van der Waals surface area (Å²) in [6.45, 7) is 3.84. The SMILES string of the molecule is C=CC[C@H](Br)C(c1ccccc1)c1ccccc1. The summed E-state index contributed by atoms with van der Waals surface area (Å²) in [4.78, 5) is 0.375. The van der Waals surface area contributed by atoms with Crippen LogP contribution < -0.4 is 0 Å². The molecule has 18 heavy (non-hydrogen) atoms. The largest absolute Gasteiger partial charge is 0.103 e. The van der Waals surface area contributed by atoms with Gasteiger partial charge in [0.25, 0.3) is 0 Å². The molecule has 0 fully saturated rings. The second-order valence-corrected chi connectivity index (χ2v) is 5.52. The van der Waals surface area contributed by atoms with Crippen LogP contribution in [0.25, 0.3) is 0 Å². The van der Waals surface area contributed by atoms with Crippen LogP contribution in [-0.4, -0.2) is 4.83 Å². The molecule has 0 aliphatic heterocycles. The van der Waals surface area contributed by atoms with Crippen LogP contribution >= 0.6 is 15.9 Å². The van der Waals surface area contributed by atoms with Gasteiger partial charge in [0.2, 0.25) is 0 Å². The number of hydrogen-bond donors (Lipinski definition) is 0. The number of rotatable bonds is 5. The average molecular weight is 301 g/mol. The molecule has 0 spiro atoms. The van der Waals surface area contributed by atoms with E-state index in [0.29, 0.717) is 10.7 Å². The lowest BCUT2D eigenvalue weighted by Gasteiger charge is -2.22. The lowest BCUT2D eigenvalue weighted by Crippen LogP contribution is -2.13. The molecule has 0 saturated heterocycles. The van der Waals surface area contributed by atoms with Gasteiger partial charge in [0.15, 0.2) is 0 Å². The Morgan fingerprint density at radius 1 is 0.889 bits per heavy atom. The zero-order valence-corrected chi connectivity index (χ0v) is 11.9. The molecule has 2 aromatic rings. The molecule has 0 amide bonds. The summed E-state index contributed by atoms with van der Waals surface area (Å²) in [5, 5.41) is 0. The summed E-state index contributed by atoms with van der Waals surface area (Å²) in [6, 6.07) is 21.3. The van der Waals surface area contributed by atoms with E-state index in [9.17, 15) is 0 Å². The van der Waals surface area contributed by atoms with Crippen molar-refractivity contribution in [3.05, 3.63) is 84.4 Å². The third-order valence-corrected chi connectivity index (χ3v) is 3.97. The summed E-state index contributed by atoms with van der Waals surface area (Å²) < 4.78 is 0. The third-order valence-electron chi connectivity index (χ3n) is 3.07. The van der Waals surface area contributed by atoms with Gasteiger partial charge in [-0.05, 0) is 17.5 Å². The molecule has 0 radical (unpaired) electrons. The van der Waals surface area contributed by atoms with Gasteiger partial charge in [-0.15, -0.1) is 6.58 Å². The Kier molecular flexibility index (Phi) is 4.77. The second-order valence-electron chi connectivity index (χ2n) is 4.34. The molecule has 1 atom stereocenters. The van der Waals surface area contributed by atoms with Gasteiger partial charge in [-0.25, -0.2) is 0 Å². The van der Waals surface area contributed by atoms with Crippen molar-refractivity contribution in [3.8, 4) is 0 Å². The van der Waals surface area contributed by atoms with Gasteiger partial charge in [-0.3, -0.25) is 0 Å². The van der Waals surface area contributed by atoms with Crippen molar-refractivity contribution in [2.24, 2.45) is 0 Å². The summed E-state index contributed by atoms with van der Waals surface area (Å²) in [6.07, 6.45) is 2.92. The molecule has 0 heterocycles. The summed E-state index contributed by atoms with van der Waals surface area (Å²) in [5.74, 6) is 0.366. The minimum absolute atomic E-state index is 0.366. The first-order valence-corrected chi connectivity index (χ1v) is 7.09. The standard InChI is InChI=1S/C17H17Br/c1-2-9-16(18)17(14-10-5-3-6-11-14)15-12-7-4-8-13-15/h2-8,10-13,16-17H,1,9H2/t16-/m0/s1. The van der Waals surface area contributed by atoms with Crippen LogP contribution in [0.5, 0.6) is 0 Å². The molecule has 0 aliphatic rings. The zero-order valence-electron chi connectivity index (χ0n) is 10.3. The maximum absolute atomic E-state index is 3.84. The van der Waals surface area contributed by atoms with Gasteiger partial charge in [-0.2, -0.15) is 0 Å². The molecule has 2 rings (SSSR count). The number of allylic oxidation sites excluding steroid dienone is 1. The molecule has 0 bridgehead atoms. The van der Waals surface area contributed by atoms with Gasteiger partial charge in [0.05, 0.1) is 0 Å². The molecular formula is C17H17Br. The first-order chi connectivity index (χ1) is 8.83. The first-order valence-electron chi connectivity index (χ1n) is 6.18. The van der Waals surface area contributed by atoms with E-state index in [1.165, 1.54) is 11.1 Å².